The molecular weight excluding hydrogens is 352 g/mol. The average Bonchev–Trinajstić information content (AvgIpc) is 3.18. The Morgan fingerprint density at radius 2 is 2.23 bits per heavy atom. The molecule has 0 aliphatic heterocycles. The molecule has 10 nitrogen and oxygen atoms in total. The van der Waals surface area contributed by atoms with E-state index < -0.39 is 10.9 Å². The number of aromatic nitrogens is 5. The molecule has 0 unspecified atom stereocenters. The molecule has 0 atom stereocenters. The fourth-order valence-corrected chi connectivity index (χ4v) is 3.93. The van der Waals surface area contributed by atoms with Crippen molar-refractivity contribution in [1.29, 1.82) is 0 Å². The predicted molar refractivity (Wildman–Crippen MR) is 76.9 cm³/mol. The van der Waals surface area contributed by atoms with Crippen molar-refractivity contribution in [3.8, 4) is 5.00 Å². The molecule has 3 aromatic rings. The van der Waals surface area contributed by atoms with Crippen LogP contribution in [0, 0.1) is 10.1 Å². The summed E-state index contributed by atoms with van der Waals surface area (Å²) in [5.74, 6) is -1.06. The van der Waals surface area contributed by atoms with E-state index in [9.17, 15) is 14.9 Å². The molecular formula is C9H4N6O4S3. The third-order valence-corrected chi connectivity index (χ3v) is 5.29. The maximum atomic E-state index is 10.8. The lowest BCUT2D eigenvalue weighted by atomic mass is 10.6. The number of carbonyl (C=O) groups is 1. The molecule has 0 aliphatic rings. The van der Waals surface area contributed by atoms with Gasteiger partial charge in [-0.2, -0.15) is 4.68 Å². The van der Waals surface area contributed by atoms with Crippen molar-refractivity contribution >= 4 is 45.4 Å². The second-order valence-corrected chi connectivity index (χ2v) is 6.93. The summed E-state index contributed by atoms with van der Waals surface area (Å²) < 4.78 is 1.80. The Hall–Kier alpha value is -2.38. The minimum atomic E-state index is -1.06. The monoisotopic (exact) mass is 356 g/mol. The van der Waals surface area contributed by atoms with E-state index in [1.54, 1.807) is 0 Å². The Bertz CT molecular complexity index is 855. The predicted octanol–water partition coefficient (Wildman–Crippen LogP) is 1.94. The minimum Gasteiger partial charge on any atom is -0.477 e. The molecule has 112 valence electrons. The van der Waals surface area contributed by atoms with Crippen LogP contribution in [-0.2, 0) is 0 Å². The van der Waals surface area contributed by atoms with Crippen LogP contribution in [-0.4, -0.2) is 41.2 Å². The third kappa shape index (κ3) is 2.81. The van der Waals surface area contributed by atoms with Crippen LogP contribution < -0.4 is 0 Å². The molecule has 13 heteroatoms. The molecule has 3 heterocycles. The topological polar surface area (TPSA) is 137 Å². The number of thiophene rings is 1. The number of hydrogen-bond acceptors (Lipinski definition) is 10. The first-order valence-corrected chi connectivity index (χ1v) is 7.89. The smallest absolute Gasteiger partial charge is 0.347 e. The summed E-state index contributed by atoms with van der Waals surface area (Å²) in [5.41, 5.74) is 0. The van der Waals surface area contributed by atoms with E-state index in [4.69, 9.17) is 5.11 Å². The zero-order chi connectivity index (χ0) is 15.7. The Kier molecular flexibility index (Phi) is 3.82. The second kappa shape index (κ2) is 5.78. The molecule has 3 rings (SSSR count). The van der Waals surface area contributed by atoms with Gasteiger partial charge in [0.15, 0.2) is 4.34 Å². The van der Waals surface area contributed by atoms with Crippen molar-refractivity contribution < 1.29 is 14.8 Å². The van der Waals surface area contributed by atoms with Gasteiger partial charge >= 0.3 is 11.0 Å². The van der Waals surface area contributed by atoms with E-state index >= 15 is 0 Å². The molecule has 0 aromatic carbocycles. The maximum Gasteiger partial charge on any atom is 0.347 e. The summed E-state index contributed by atoms with van der Waals surface area (Å²) in [6.07, 6.45) is 1.25. The summed E-state index contributed by atoms with van der Waals surface area (Å²) in [7, 11) is 0. The molecule has 1 N–H and O–H groups in total. The molecule has 0 spiro atoms. The standard InChI is InChI=1S/C9H4N6O4S3/c16-7(17)4-3-10-9(20-4)22-8-11-12-13-14(8)5-1-2-6(21-5)15(18)19/h1-3H,(H,16,17). The van der Waals surface area contributed by atoms with Crippen LogP contribution in [0.4, 0.5) is 5.00 Å². The molecule has 0 amide bonds. The molecule has 3 aromatic heterocycles. The van der Waals surface area contributed by atoms with E-state index in [0.29, 0.717) is 14.5 Å². The lowest BCUT2D eigenvalue weighted by molar-refractivity contribution is -0.380. The van der Waals surface area contributed by atoms with Crippen LogP contribution in [0.5, 0.6) is 0 Å². The van der Waals surface area contributed by atoms with E-state index in [1.807, 2.05) is 0 Å². The van der Waals surface area contributed by atoms with E-state index in [1.165, 1.54) is 23.0 Å². The van der Waals surface area contributed by atoms with Gasteiger partial charge in [-0.05, 0) is 39.6 Å². The van der Waals surface area contributed by atoms with Crippen molar-refractivity contribution in [3.05, 3.63) is 33.3 Å². The first kappa shape index (κ1) is 14.6. The van der Waals surface area contributed by atoms with Crippen LogP contribution >= 0.6 is 34.4 Å². The number of hydrogen-bond donors (Lipinski definition) is 1. The fraction of sp³-hybridized carbons (Fsp3) is 0. The van der Waals surface area contributed by atoms with Crippen LogP contribution in [0.2, 0.25) is 0 Å². The van der Waals surface area contributed by atoms with Crippen molar-refractivity contribution in [3.63, 3.8) is 0 Å². The Balaban J connectivity index is 1.87. The summed E-state index contributed by atoms with van der Waals surface area (Å²) in [6.45, 7) is 0. The quantitative estimate of drug-likeness (QED) is 0.537. The summed E-state index contributed by atoms with van der Waals surface area (Å²) in [4.78, 5) is 25.1. The number of nitrogens with zero attached hydrogens (tertiary/aromatic N) is 6. The average molecular weight is 356 g/mol. The zero-order valence-corrected chi connectivity index (χ0v) is 12.8. The molecule has 0 saturated carbocycles. The third-order valence-electron chi connectivity index (χ3n) is 2.28. The maximum absolute atomic E-state index is 10.8. The fourth-order valence-electron chi connectivity index (χ4n) is 1.39. The number of carboxylic acids is 1. The lowest BCUT2D eigenvalue weighted by Gasteiger charge is -1.97. The first-order valence-electron chi connectivity index (χ1n) is 5.44. The zero-order valence-electron chi connectivity index (χ0n) is 10.3. The molecule has 0 aliphatic carbocycles. The van der Waals surface area contributed by atoms with Crippen molar-refractivity contribution in [2.75, 3.05) is 0 Å². The molecule has 0 radical (unpaired) electrons. The van der Waals surface area contributed by atoms with Gasteiger partial charge in [-0.3, -0.25) is 10.1 Å². The summed E-state index contributed by atoms with van der Waals surface area (Å²) in [5, 5.41) is 31.5. The van der Waals surface area contributed by atoms with Crippen LogP contribution in [0.1, 0.15) is 9.67 Å². The number of carboxylic acid groups (broad SMARTS) is 1. The number of rotatable bonds is 5. The highest BCUT2D eigenvalue weighted by atomic mass is 32.2. The van der Waals surface area contributed by atoms with Gasteiger partial charge in [0.25, 0.3) is 0 Å². The van der Waals surface area contributed by atoms with E-state index in [2.05, 4.69) is 20.5 Å². The molecule has 0 fully saturated rings. The van der Waals surface area contributed by atoms with Gasteiger partial charge in [0.05, 0.1) is 11.1 Å². The van der Waals surface area contributed by atoms with E-state index in [0.717, 1.165) is 34.4 Å². The van der Waals surface area contributed by atoms with Gasteiger partial charge in [-0.15, -0.1) is 16.4 Å². The Labute approximate surface area is 133 Å². The number of nitro groups is 1. The Morgan fingerprint density at radius 3 is 2.86 bits per heavy atom. The van der Waals surface area contributed by atoms with Crippen molar-refractivity contribution in [2.45, 2.75) is 9.50 Å². The van der Waals surface area contributed by atoms with Crippen molar-refractivity contribution in [1.82, 2.24) is 25.2 Å². The SMILES string of the molecule is O=C(O)c1cnc(Sc2nnnn2-c2ccc([N+](=O)[O-])s2)s1. The van der Waals surface area contributed by atoms with Crippen LogP contribution in [0.15, 0.2) is 27.8 Å². The van der Waals surface area contributed by atoms with E-state index in [-0.39, 0.29) is 9.88 Å². The first-order chi connectivity index (χ1) is 10.5. The van der Waals surface area contributed by atoms with Crippen molar-refractivity contribution in [2.24, 2.45) is 0 Å². The normalized spacial score (nSPS) is 10.7. The van der Waals surface area contributed by atoms with Gasteiger partial charge in [-0.25, -0.2) is 9.78 Å². The highest BCUT2D eigenvalue weighted by Crippen LogP contribution is 2.33. The highest BCUT2D eigenvalue weighted by molar-refractivity contribution is 8.00. The van der Waals surface area contributed by atoms with Gasteiger partial charge < -0.3 is 5.11 Å². The molecule has 22 heavy (non-hydrogen) atoms. The number of tetrazole rings is 1. The number of aromatic carboxylic acids is 1. The lowest BCUT2D eigenvalue weighted by Crippen LogP contribution is -1.95. The van der Waals surface area contributed by atoms with Gasteiger partial charge in [0.1, 0.15) is 9.88 Å². The molecule has 0 saturated heterocycles. The van der Waals surface area contributed by atoms with Crippen LogP contribution in [0.3, 0.4) is 0 Å². The second-order valence-electron chi connectivity index (χ2n) is 3.64. The van der Waals surface area contributed by atoms with Gasteiger partial charge in [-0.1, -0.05) is 0 Å². The largest absolute Gasteiger partial charge is 0.477 e. The Morgan fingerprint density at radius 1 is 1.41 bits per heavy atom. The van der Waals surface area contributed by atoms with Crippen LogP contribution in [0.25, 0.3) is 5.00 Å². The summed E-state index contributed by atoms with van der Waals surface area (Å²) >= 11 is 3.00. The summed E-state index contributed by atoms with van der Waals surface area (Å²) in [6, 6.07) is 2.90. The number of thiazole rings is 1. The van der Waals surface area contributed by atoms with Gasteiger partial charge in [0.2, 0.25) is 5.16 Å². The minimum absolute atomic E-state index is 0.0242. The highest BCUT2D eigenvalue weighted by Gasteiger charge is 2.18. The molecule has 0 bridgehead atoms. The van der Waals surface area contributed by atoms with Gasteiger partial charge in [0, 0.05) is 6.07 Å².